The molecule has 1 saturated heterocycles. The predicted octanol–water partition coefficient (Wildman–Crippen LogP) is 6.74. The van der Waals surface area contributed by atoms with Crippen LogP contribution in [-0.4, -0.2) is 44.4 Å². The molecule has 2 fully saturated rings. The highest BCUT2D eigenvalue weighted by molar-refractivity contribution is 5.96. The van der Waals surface area contributed by atoms with E-state index in [4.69, 9.17) is 10.2 Å². The van der Waals surface area contributed by atoms with Gasteiger partial charge in [0, 0.05) is 48.4 Å². The number of ketones is 1. The molecule has 2 aliphatic rings. The highest BCUT2D eigenvalue weighted by Gasteiger charge is 2.25. The van der Waals surface area contributed by atoms with Crippen molar-refractivity contribution in [3.63, 3.8) is 0 Å². The van der Waals surface area contributed by atoms with Crippen LogP contribution in [-0.2, 0) is 13.1 Å². The van der Waals surface area contributed by atoms with E-state index in [0.717, 1.165) is 54.4 Å². The van der Waals surface area contributed by atoms with Crippen LogP contribution in [0.15, 0.2) is 73.1 Å². The van der Waals surface area contributed by atoms with Gasteiger partial charge in [-0.2, -0.15) is 0 Å². The van der Waals surface area contributed by atoms with Gasteiger partial charge in [-0.1, -0.05) is 42.8 Å². The number of aromatic nitrogens is 2. The summed E-state index contributed by atoms with van der Waals surface area (Å²) in [7, 11) is 0. The fourth-order valence-corrected chi connectivity index (χ4v) is 6.72. The van der Waals surface area contributed by atoms with Gasteiger partial charge in [0.15, 0.2) is 5.78 Å². The summed E-state index contributed by atoms with van der Waals surface area (Å²) in [5.41, 5.74) is 7.51. The number of fused-ring (bicyclic) bond motifs is 1. The lowest BCUT2D eigenvalue weighted by Gasteiger charge is -2.28. The third kappa shape index (κ3) is 6.63. The molecule has 0 spiro atoms. The molecular formula is C35H40N4O3. The number of nitrogens with one attached hydrogen (secondary N) is 1. The molecule has 4 aromatic rings. The first kappa shape index (κ1) is 28.3. The zero-order valence-corrected chi connectivity index (χ0v) is 24.2. The third-order valence-electron chi connectivity index (χ3n) is 9.22. The first-order chi connectivity index (χ1) is 20.6. The van der Waals surface area contributed by atoms with Crippen LogP contribution in [0.4, 0.5) is 0 Å². The molecule has 218 valence electrons. The van der Waals surface area contributed by atoms with Gasteiger partial charge < -0.3 is 4.57 Å². The van der Waals surface area contributed by atoms with E-state index in [0.29, 0.717) is 30.4 Å². The van der Waals surface area contributed by atoms with Gasteiger partial charge in [0.2, 0.25) is 0 Å². The first-order valence-electron chi connectivity index (χ1n) is 15.4. The van der Waals surface area contributed by atoms with Gasteiger partial charge in [0.25, 0.3) is 5.91 Å². The zero-order valence-electron chi connectivity index (χ0n) is 24.2. The summed E-state index contributed by atoms with van der Waals surface area (Å²) in [4.78, 5) is 32.0. The maximum Gasteiger partial charge on any atom is 0.274 e. The van der Waals surface area contributed by atoms with Crippen LogP contribution in [0.5, 0.6) is 0 Å². The Morgan fingerprint density at radius 1 is 0.833 bits per heavy atom. The molecule has 0 atom stereocenters. The van der Waals surface area contributed by atoms with Gasteiger partial charge in [0.1, 0.15) is 5.65 Å². The van der Waals surface area contributed by atoms with Gasteiger partial charge in [-0.3, -0.25) is 19.7 Å². The lowest BCUT2D eigenvalue weighted by molar-refractivity contribution is 0.0706. The van der Waals surface area contributed by atoms with Crippen LogP contribution in [0.1, 0.15) is 94.7 Å². The lowest BCUT2D eigenvalue weighted by atomic mass is 9.77. The first-order valence-corrected chi connectivity index (χ1v) is 15.4. The number of rotatable bonds is 9. The van der Waals surface area contributed by atoms with E-state index in [1.165, 1.54) is 43.5 Å². The van der Waals surface area contributed by atoms with Crippen molar-refractivity contribution in [1.82, 2.24) is 19.9 Å². The molecule has 0 radical (unpaired) electrons. The Morgan fingerprint density at radius 2 is 1.50 bits per heavy atom. The molecule has 0 bridgehead atoms. The van der Waals surface area contributed by atoms with Crippen molar-refractivity contribution in [2.24, 2.45) is 5.92 Å². The largest absolute Gasteiger partial charge is 0.328 e. The minimum absolute atomic E-state index is 0.277. The summed E-state index contributed by atoms with van der Waals surface area (Å²) in [5, 5.41) is 9.94. The number of pyridine rings is 1. The average molecular weight is 565 g/mol. The van der Waals surface area contributed by atoms with Gasteiger partial charge >= 0.3 is 0 Å². The molecule has 42 heavy (non-hydrogen) atoms. The zero-order chi connectivity index (χ0) is 28.9. The minimum atomic E-state index is -0.518. The number of likely N-dealkylation sites (tertiary alicyclic amines) is 1. The molecule has 1 saturated carbocycles. The second kappa shape index (κ2) is 13.0. The summed E-state index contributed by atoms with van der Waals surface area (Å²) < 4.78 is 2.11. The molecular weight excluding hydrogens is 524 g/mol. The minimum Gasteiger partial charge on any atom is -0.328 e. The van der Waals surface area contributed by atoms with Crippen LogP contribution in [0.3, 0.4) is 0 Å². The Labute approximate surface area is 247 Å². The van der Waals surface area contributed by atoms with Gasteiger partial charge in [-0.25, -0.2) is 10.5 Å². The van der Waals surface area contributed by atoms with Gasteiger partial charge in [-0.15, -0.1) is 0 Å². The number of hydroxylamine groups is 1. The maximum absolute atomic E-state index is 13.1. The van der Waals surface area contributed by atoms with Crippen molar-refractivity contribution in [3.05, 3.63) is 101 Å². The monoisotopic (exact) mass is 564 g/mol. The van der Waals surface area contributed by atoms with E-state index >= 15 is 0 Å². The van der Waals surface area contributed by atoms with E-state index in [9.17, 15) is 9.59 Å². The molecule has 3 heterocycles. The summed E-state index contributed by atoms with van der Waals surface area (Å²) >= 11 is 0. The average Bonchev–Trinajstić information content (AvgIpc) is 3.44. The third-order valence-corrected chi connectivity index (χ3v) is 9.22. The number of Topliss-reactive ketones (excluding diaryl/α,β-unsaturated/α-hetero) is 1. The Bertz CT molecular complexity index is 1510. The number of piperidine rings is 1. The van der Waals surface area contributed by atoms with Crippen molar-refractivity contribution >= 4 is 22.7 Å². The molecule has 1 aliphatic carbocycles. The van der Waals surface area contributed by atoms with Crippen molar-refractivity contribution in [2.75, 3.05) is 13.1 Å². The fraction of sp³-hybridized carbons (Fsp3) is 0.400. The van der Waals surface area contributed by atoms with E-state index in [1.807, 2.05) is 30.5 Å². The van der Waals surface area contributed by atoms with E-state index in [1.54, 1.807) is 17.6 Å². The number of hydrogen-bond donors (Lipinski definition) is 2. The second-order valence-corrected chi connectivity index (χ2v) is 12.1. The maximum atomic E-state index is 13.1. The highest BCUT2D eigenvalue weighted by Crippen LogP contribution is 2.38. The second-order valence-electron chi connectivity index (χ2n) is 12.1. The van der Waals surface area contributed by atoms with Crippen LogP contribution in [0.25, 0.3) is 11.0 Å². The fourth-order valence-electron chi connectivity index (χ4n) is 6.72. The normalized spacial score (nSPS) is 19.5. The summed E-state index contributed by atoms with van der Waals surface area (Å²) in [6.45, 7) is 4.01. The molecule has 2 aromatic heterocycles. The Kier molecular flexibility index (Phi) is 8.77. The Morgan fingerprint density at radius 3 is 2.19 bits per heavy atom. The molecule has 1 aliphatic heterocycles. The van der Waals surface area contributed by atoms with Crippen LogP contribution in [0, 0.1) is 5.92 Å². The predicted molar refractivity (Wildman–Crippen MR) is 164 cm³/mol. The highest BCUT2D eigenvalue weighted by atomic mass is 16.5. The number of carbonyl (C=O) groups excluding carboxylic acids is 2. The molecule has 1 amide bonds. The van der Waals surface area contributed by atoms with Crippen molar-refractivity contribution < 1.29 is 14.8 Å². The van der Waals surface area contributed by atoms with Crippen molar-refractivity contribution in [2.45, 2.75) is 70.4 Å². The number of carbonyl (C=O) groups is 2. The smallest absolute Gasteiger partial charge is 0.274 e. The van der Waals surface area contributed by atoms with Crippen LogP contribution >= 0.6 is 0 Å². The molecule has 6 rings (SSSR count). The molecule has 0 unspecified atom stereocenters. The Hall–Kier alpha value is -3.81. The number of hydrogen-bond acceptors (Lipinski definition) is 5. The summed E-state index contributed by atoms with van der Waals surface area (Å²) in [5.74, 6) is 0.694. The molecule has 7 heteroatoms. The molecule has 2 N–H and O–H groups in total. The van der Waals surface area contributed by atoms with Crippen LogP contribution < -0.4 is 5.48 Å². The topological polar surface area (TPSA) is 87.5 Å². The number of nitrogens with zero attached hydrogens (tertiary/aromatic N) is 3. The number of benzene rings is 2. The van der Waals surface area contributed by atoms with Gasteiger partial charge in [0.05, 0.1) is 0 Å². The summed E-state index contributed by atoms with van der Waals surface area (Å²) in [6, 6.07) is 19.9. The number of amides is 1. The lowest BCUT2D eigenvalue weighted by Crippen LogP contribution is -2.29. The SMILES string of the molecule is O=C(CC1CCC(c2cnc3c(ccn3Cc3ccc(C(=O)NO)cc3)c2)CC1)c1ccc(CN2CCCCC2)cc1. The molecule has 2 aromatic carbocycles. The molecule has 7 nitrogen and oxygen atoms in total. The quantitative estimate of drug-likeness (QED) is 0.134. The summed E-state index contributed by atoms with van der Waals surface area (Å²) in [6.07, 6.45) is 13.0. The van der Waals surface area contributed by atoms with E-state index in [2.05, 4.69) is 39.9 Å². The van der Waals surface area contributed by atoms with Crippen LogP contribution in [0.2, 0.25) is 0 Å². The Balaban J connectivity index is 1.01. The van der Waals surface area contributed by atoms with Crippen molar-refractivity contribution in [3.8, 4) is 0 Å². The van der Waals surface area contributed by atoms with Gasteiger partial charge in [-0.05, 0) is 104 Å². The standard InChI is InChI=1S/C35H40N4O3/c40-33(29-12-6-26(7-13-29)23-38-17-2-1-3-18-38)20-25-4-10-28(11-5-25)32-21-31-16-19-39(34(31)36-22-32)24-27-8-14-30(15-9-27)35(41)37-42/h6-9,12-16,19,21-22,25,28,42H,1-5,10-11,17-18,20,23-24H2,(H,37,41). The van der Waals surface area contributed by atoms with E-state index in [-0.39, 0.29) is 5.78 Å². The van der Waals surface area contributed by atoms with E-state index < -0.39 is 5.91 Å². The van der Waals surface area contributed by atoms with Crippen molar-refractivity contribution in [1.29, 1.82) is 0 Å².